The van der Waals surface area contributed by atoms with Gasteiger partial charge in [-0.15, -0.1) is 0 Å². The van der Waals surface area contributed by atoms with E-state index in [9.17, 15) is 0 Å². The normalized spacial score (nSPS) is 11.8. The Morgan fingerprint density at radius 2 is 2.12 bits per heavy atom. The van der Waals surface area contributed by atoms with Gasteiger partial charge in [-0.05, 0) is 51.8 Å². The number of aromatic nitrogens is 1. The second kappa shape index (κ2) is 6.10. The van der Waals surface area contributed by atoms with Crippen molar-refractivity contribution in [1.82, 2.24) is 10.3 Å². The number of hydrogen-bond acceptors (Lipinski definition) is 3. The molecule has 1 N–H and O–H groups in total. The molecule has 1 heterocycles. The molecule has 0 aliphatic carbocycles. The maximum atomic E-state index is 5.32. The van der Waals surface area contributed by atoms with E-state index in [4.69, 9.17) is 4.74 Å². The van der Waals surface area contributed by atoms with Crippen molar-refractivity contribution in [2.45, 2.75) is 26.0 Å². The molecule has 0 radical (unpaired) electrons. The summed E-state index contributed by atoms with van der Waals surface area (Å²) in [5, 5.41) is 3.32. The molecule has 0 saturated carbocycles. The van der Waals surface area contributed by atoms with Crippen molar-refractivity contribution in [2.24, 2.45) is 0 Å². The Kier molecular flexibility index (Phi) is 5.37. The molecule has 16 heavy (non-hydrogen) atoms. The summed E-state index contributed by atoms with van der Waals surface area (Å²) in [6.07, 6.45) is 1.79. The van der Waals surface area contributed by atoms with Crippen LogP contribution in [0.5, 0.6) is 0 Å². The van der Waals surface area contributed by atoms with Crippen LogP contribution in [0.25, 0.3) is 0 Å². The van der Waals surface area contributed by atoms with Gasteiger partial charge in [-0.25, -0.2) is 0 Å². The van der Waals surface area contributed by atoms with E-state index in [0.29, 0.717) is 0 Å². The standard InChI is InChI=1S/C11H16Br2N2O/c1-11(2,16-3)7-14-6-10-9(13)4-8(12)5-15-10/h4-5,14H,6-7H2,1-3H3. The molecule has 1 rings (SSSR count). The molecule has 0 saturated heterocycles. The van der Waals surface area contributed by atoms with E-state index < -0.39 is 0 Å². The zero-order valence-corrected chi connectivity index (χ0v) is 12.9. The van der Waals surface area contributed by atoms with Crippen molar-refractivity contribution < 1.29 is 4.74 Å². The quantitative estimate of drug-likeness (QED) is 0.884. The van der Waals surface area contributed by atoms with E-state index in [2.05, 4.69) is 42.2 Å². The second-order valence-corrected chi connectivity index (χ2v) is 5.92. The zero-order valence-electron chi connectivity index (χ0n) is 9.68. The van der Waals surface area contributed by atoms with Gasteiger partial charge in [0.1, 0.15) is 0 Å². The Hall–Kier alpha value is 0.0300. The molecule has 3 nitrogen and oxygen atoms in total. The van der Waals surface area contributed by atoms with E-state index in [0.717, 1.165) is 27.7 Å². The third-order valence-electron chi connectivity index (χ3n) is 2.28. The lowest BCUT2D eigenvalue weighted by Gasteiger charge is -2.23. The number of nitrogens with one attached hydrogen (secondary N) is 1. The van der Waals surface area contributed by atoms with Crippen LogP contribution in [0.1, 0.15) is 19.5 Å². The molecule has 0 aromatic carbocycles. The lowest BCUT2D eigenvalue weighted by atomic mass is 10.1. The number of hydrogen-bond donors (Lipinski definition) is 1. The molecule has 0 fully saturated rings. The molecule has 0 unspecified atom stereocenters. The number of ether oxygens (including phenoxy) is 1. The molecular formula is C11H16Br2N2O. The van der Waals surface area contributed by atoms with Crippen LogP contribution in [0.15, 0.2) is 21.2 Å². The van der Waals surface area contributed by atoms with Gasteiger partial charge in [0.05, 0.1) is 11.3 Å². The number of pyridine rings is 1. The molecule has 0 aliphatic rings. The van der Waals surface area contributed by atoms with E-state index in [1.807, 2.05) is 19.9 Å². The van der Waals surface area contributed by atoms with E-state index >= 15 is 0 Å². The lowest BCUT2D eigenvalue weighted by Crippen LogP contribution is -2.36. The van der Waals surface area contributed by atoms with Gasteiger partial charge in [0.15, 0.2) is 0 Å². The molecule has 90 valence electrons. The maximum absolute atomic E-state index is 5.32. The Balaban J connectivity index is 2.49. The average Bonchev–Trinajstić information content (AvgIpc) is 2.21. The average molecular weight is 352 g/mol. The minimum Gasteiger partial charge on any atom is -0.377 e. The molecule has 5 heteroatoms. The molecule has 0 amide bonds. The monoisotopic (exact) mass is 350 g/mol. The fourth-order valence-corrected chi connectivity index (χ4v) is 2.25. The summed E-state index contributed by atoms with van der Waals surface area (Å²) in [4.78, 5) is 4.33. The highest BCUT2D eigenvalue weighted by Crippen LogP contribution is 2.19. The fraction of sp³-hybridized carbons (Fsp3) is 0.545. The van der Waals surface area contributed by atoms with Crippen LogP contribution in [0.2, 0.25) is 0 Å². The summed E-state index contributed by atoms with van der Waals surface area (Å²) in [5.74, 6) is 0. The smallest absolute Gasteiger partial charge is 0.0746 e. The van der Waals surface area contributed by atoms with Crippen molar-refractivity contribution in [3.63, 3.8) is 0 Å². The summed E-state index contributed by atoms with van der Waals surface area (Å²) < 4.78 is 7.30. The summed E-state index contributed by atoms with van der Waals surface area (Å²) in [6.45, 7) is 5.60. The summed E-state index contributed by atoms with van der Waals surface area (Å²) in [7, 11) is 1.72. The first-order chi connectivity index (χ1) is 7.44. The van der Waals surface area contributed by atoms with Crippen molar-refractivity contribution in [2.75, 3.05) is 13.7 Å². The van der Waals surface area contributed by atoms with Crippen LogP contribution in [-0.2, 0) is 11.3 Å². The third-order valence-corrected chi connectivity index (χ3v) is 3.40. The van der Waals surface area contributed by atoms with Crippen molar-refractivity contribution in [3.05, 3.63) is 26.9 Å². The Bertz CT molecular complexity index is 356. The molecular weight excluding hydrogens is 336 g/mol. The molecule has 1 aromatic heterocycles. The predicted molar refractivity (Wildman–Crippen MR) is 72.4 cm³/mol. The number of halogens is 2. The van der Waals surface area contributed by atoms with E-state index in [1.54, 1.807) is 13.3 Å². The Labute approximate surface area is 113 Å². The predicted octanol–water partition coefficient (Wildman–Crippen LogP) is 3.12. The van der Waals surface area contributed by atoms with Gasteiger partial charge in [-0.3, -0.25) is 4.98 Å². The van der Waals surface area contributed by atoms with Gasteiger partial charge in [-0.2, -0.15) is 0 Å². The van der Waals surface area contributed by atoms with E-state index in [-0.39, 0.29) is 5.60 Å². The fourth-order valence-electron chi connectivity index (χ4n) is 1.13. The summed E-state index contributed by atoms with van der Waals surface area (Å²) >= 11 is 6.86. The number of rotatable bonds is 5. The third kappa shape index (κ3) is 4.49. The van der Waals surface area contributed by atoms with Crippen LogP contribution in [-0.4, -0.2) is 24.2 Å². The number of nitrogens with zero attached hydrogens (tertiary/aromatic N) is 1. The highest BCUT2D eigenvalue weighted by Gasteiger charge is 2.15. The summed E-state index contributed by atoms with van der Waals surface area (Å²) in [5.41, 5.74) is 0.845. The molecule has 0 atom stereocenters. The second-order valence-electron chi connectivity index (χ2n) is 4.15. The van der Waals surface area contributed by atoms with Gasteiger partial charge in [0, 0.05) is 35.3 Å². The minimum absolute atomic E-state index is 0.151. The molecule has 0 aliphatic heterocycles. The SMILES string of the molecule is COC(C)(C)CNCc1ncc(Br)cc1Br. The minimum atomic E-state index is -0.151. The van der Waals surface area contributed by atoms with Crippen LogP contribution in [0.3, 0.4) is 0 Å². The molecule has 1 aromatic rings. The lowest BCUT2D eigenvalue weighted by molar-refractivity contribution is 0.0230. The van der Waals surface area contributed by atoms with Gasteiger partial charge in [-0.1, -0.05) is 0 Å². The number of methoxy groups -OCH3 is 1. The van der Waals surface area contributed by atoms with E-state index in [1.165, 1.54) is 0 Å². The first-order valence-electron chi connectivity index (χ1n) is 5.00. The van der Waals surface area contributed by atoms with Gasteiger partial charge in [0.2, 0.25) is 0 Å². The highest BCUT2D eigenvalue weighted by atomic mass is 79.9. The Morgan fingerprint density at radius 1 is 1.44 bits per heavy atom. The largest absolute Gasteiger partial charge is 0.377 e. The highest BCUT2D eigenvalue weighted by molar-refractivity contribution is 9.11. The van der Waals surface area contributed by atoms with Crippen LogP contribution in [0, 0.1) is 0 Å². The molecule has 0 spiro atoms. The Morgan fingerprint density at radius 3 is 2.69 bits per heavy atom. The van der Waals surface area contributed by atoms with Gasteiger partial charge in [0.25, 0.3) is 0 Å². The topological polar surface area (TPSA) is 34.1 Å². The van der Waals surface area contributed by atoms with Gasteiger partial charge < -0.3 is 10.1 Å². The van der Waals surface area contributed by atoms with Crippen LogP contribution in [0.4, 0.5) is 0 Å². The maximum Gasteiger partial charge on any atom is 0.0746 e. The first kappa shape index (κ1) is 14.1. The zero-order chi connectivity index (χ0) is 12.2. The van der Waals surface area contributed by atoms with Gasteiger partial charge >= 0.3 is 0 Å². The summed E-state index contributed by atoms with van der Waals surface area (Å²) in [6, 6.07) is 1.99. The first-order valence-corrected chi connectivity index (χ1v) is 6.59. The van der Waals surface area contributed by atoms with Crippen molar-refractivity contribution >= 4 is 31.9 Å². The van der Waals surface area contributed by atoms with Crippen LogP contribution >= 0.6 is 31.9 Å². The van der Waals surface area contributed by atoms with Crippen molar-refractivity contribution in [1.29, 1.82) is 0 Å². The van der Waals surface area contributed by atoms with Crippen LogP contribution < -0.4 is 5.32 Å². The van der Waals surface area contributed by atoms with Crippen molar-refractivity contribution in [3.8, 4) is 0 Å². The molecule has 0 bridgehead atoms.